The largest absolute Gasteiger partial charge is 1.00 e. The number of thioether (sulfide) groups is 4. The van der Waals surface area contributed by atoms with Gasteiger partial charge in [0.15, 0.2) is 0 Å². The van der Waals surface area contributed by atoms with Gasteiger partial charge in [0.05, 0.1) is 0 Å². The first-order valence-electron chi connectivity index (χ1n) is 28.0. The molecule has 3 aliphatic rings. The van der Waals surface area contributed by atoms with Crippen LogP contribution < -0.4 is 33.2 Å². The predicted octanol–water partition coefficient (Wildman–Crippen LogP) is 15.6. The monoisotopic (exact) mass is 1420 g/mol. The molecule has 0 saturated carbocycles. The summed E-state index contributed by atoms with van der Waals surface area (Å²) in [5.41, 5.74) is 5.23. The molecular weight excluding hydrogens is 1340 g/mol. The van der Waals surface area contributed by atoms with Gasteiger partial charge in [-0.3, -0.25) is 16.6 Å². The van der Waals surface area contributed by atoms with Gasteiger partial charge < -0.3 is 41.7 Å². The van der Waals surface area contributed by atoms with Gasteiger partial charge in [0, 0.05) is 55.0 Å². The minimum absolute atomic E-state index is 0. The van der Waals surface area contributed by atoms with Crippen LogP contribution in [0.15, 0.2) is 202 Å². The Morgan fingerprint density at radius 2 is 1.04 bits per heavy atom. The van der Waals surface area contributed by atoms with E-state index in [1.54, 1.807) is 49.1 Å². The zero-order valence-electron chi connectivity index (χ0n) is 50.8. The van der Waals surface area contributed by atoms with Crippen LogP contribution in [0, 0.1) is 10.8 Å². The number of alkyl halides is 12. The lowest BCUT2D eigenvalue weighted by atomic mass is 9.75. The summed E-state index contributed by atoms with van der Waals surface area (Å²) < 4.78 is 169. The summed E-state index contributed by atoms with van der Waals surface area (Å²) in [6, 6.07) is 52.1. The quantitative estimate of drug-likeness (QED) is 0.0273. The van der Waals surface area contributed by atoms with E-state index in [2.05, 4.69) is 82.9 Å². The van der Waals surface area contributed by atoms with Crippen LogP contribution in [0.1, 0.15) is 86.9 Å². The van der Waals surface area contributed by atoms with Gasteiger partial charge in [-0.2, -0.15) is 52.7 Å². The van der Waals surface area contributed by atoms with Crippen molar-refractivity contribution in [1.82, 2.24) is 4.81 Å². The highest BCUT2D eigenvalue weighted by molar-refractivity contribution is 7.99. The third-order valence-electron chi connectivity index (χ3n) is 14.3. The van der Waals surface area contributed by atoms with Crippen LogP contribution in [0.25, 0.3) is 0 Å². The van der Waals surface area contributed by atoms with Crippen LogP contribution in [0.4, 0.5) is 52.7 Å². The molecule has 7 N–H and O–H groups in total. The van der Waals surface area contributed by atoms with Crippen LogP contribution in [0.5, 0.6) is 11.5 Å². The summed E-state index contributed by atoms with van der Waals surface area (Å²) in [5.74, 6) is 1.58. The summed E-state index contributed by atoms with van der Waals surface area (Å²) in [6.45, 7) is 3.43. The average Bonchev–Trinajstić information content (AvgIpc) is 1.56. The lowest BCUT2D eigenvalue weighted by molar-refractivity contribution is -0.488. The predicted molar refractivity (Wildman–Crippen MR) is 356 cm³/mol. The molecule has 2 fully saturated rings. The van der Waals surface area contributed by atoms with Crippen LogP contribution >= 0.6 is 47.0 Å². The zero-order valence-corrected chi connectivity index (χ0v) is 54.8. The molecule has 9 nitrogen and oxygen atoms in total. The van der Waals surface area contributed by atoms with Crippen molar-refractivity contribution in [3.05, 3.63) is 215 Å². The molecule has 3 aliphatic heterocycles. The molecule has 511 valence electrons. The first-order chi connectivity index (χ1) is 43.0. The number of nitrogens with two attached hydrogens (primary N) is 1. The van der Waals surface area contributed by atoms with Crippen molar-refractivity contribution >= 4 is 73.2 Å². The van der Waals surface area contributed by atoms with E-state index < -0.39 is 47.9 Å². The second kappa shape index (κ2) is 38.9. The van der Waals surface area contributed by atoms with Crippen LogP contribution in [0.3, 0.4) is 0 Å². The highest BCUT2D eigenvalue weighted by Crippen LogP contribution is 2.50. The number of para-hydroxylation sites is 2. The van der Waals surface area contributed by atoms with Crippen molar-refractivity contribution < 1.29 is 89.5 Å². The number of unbranched alkanes of at least 4 members (excludes halogenated alkanes) is 1. The van der Waals surface area contributed by atoms with E-state index in [9.17, 15) is 52.7 Å². The number of ether oxygens (including phenoxy) is 1. The van der Waals surface area contributed by atoms with E-state index in [1.165, 1.54) is 165 Å². The number of benzene rings is 7. The third kappa shape index (κ3) is 23.2. The van der Waals surface area contributed by atoms with Crippen LogP contribution in [0.2, 0.25) is 6.32 Å². The van der Waals surface area contributed by atoms with Gasteiger partial charge in [-0.1, -0.05) is 156 Å². The Kier molecular flexibility index (Phi) is 34.9. The highest BCUT2D eigenvalue weighted by Gasteiger charge is 2.58. The number of nitrogens with zero attached hydrogens (tertiary/aromatic N) is 1. The Morgan fingerprint density at radius 3 is 1.45 bits per heavy atom. The summed E-state index contributed by atoms with van der Waals surface area (Å²) in [5, 5.41) is 13.8. The van der Waals surface area contributed by atoms with Crippen molar-refractivity contribution in [2.45, 2.75) is 121 Å². The van der Waals surface area contributed by atoms with Crippen molar-refractivity contribution in [3.63, 3.8) is 0 Å². The Balaban J connectivity index is 0.000000391. The molecule has 0 spiro atoms. The first kappa shape index (κ1) is 84.3. The molecule has 2 saturated heterocycles. The molecule has 94 heavy (non-hydrogen) atoms. The van der Waals surface area contributed by atoms with E-state index in [0.717, 1.165) is 39.6 Å². The fourth-order valence-corrected chi connectivity index (χ4v) is 11.4. The molecular formula is C66H77B2ClF12N5O4S4. The SMILES string of the molecule is C.C.CCCCB1OC(c2ccccc2)(c2ccccc2)[C@H]2CCCN12.COC(N)(c1cccc(SC)c1)C(F)(F)F.CSc1cccc(C(=N)C(F)(F)F)c1.CSc1cccc(C(=N)C(F)(F)F)c1.CSc1cccc([C@@H]([NH3+])C(F)(F)F)c1.[B]1Oc2ccccc2O1.[Cl-]. The number of methoxy groups -OCH3 is 1. The molecule has 0 aromatic heterocycles. The zero-order chi connectivity index (χ0) is 67.2. The van der Waals surface area contributed by atoms with Crippen LogP contribution in [-0.4, -0.2) is 100 Å². The topological polar surface area (TPSA) is 142 Å². The molecule has 7 aromatic carbocycles. The van der Waals surface area contributed by atoms with E-state index in [1.807, 2.05) is 30.5 Å². The lowest BCUT2D eigenvalue weighted by Gasteiger charge is -2.36. The third-order valence-corrected chi connectivity index (χ3v) is 17.2. The average molecular weight is 1420 g/mol. The molecule has 28 heteroatoms. The molecule has 7 aromatic rings. The number of rotatable bonds is 14. The summed E-state index contributed by atoms with van der Waals surface area (Å²) >= 11 is 5.45. The Bertz CT molecular complexity index is 3270. The fourth-order valence-electron chi connectivity index (χ4n) is 9.55. The molecule has 3 heterocycles. The van der Waals surface area contributed by atoms with Crippen molar-refractivity contribution in [2.75, 3.05) is 38.7 Å². The molecule has 0 amide bonds. The number of fused-ring (bicyclic) bond motifs is 2. The molecule has 0 bridgehead atoms. The van der Waals surface area contributed by atoms with E-state index in [-0.39, 0.29) is 62.2 Å². The van der Waals surface area contributed by atoms with Crippen molar-refractivity contribution in [2.24, 2.45) is 5.73 Å². The summed E-state index contributed by atoms with van der Waals surface area (Å²) in [6.07, 6.45) is -4.84. The van der Waals surface area contributed by atoms with E-state index in [4.69, 9.17) is 30.5 Å². The maximum Gasteiger partial charge on any atom is 0.658 e. The summed E-state index contributed by atoms with van der Waals surface area (Å²) in [4.78, 5) is 5.59. The van der Waals surface area contributed by atoms with Gasteiger partial charge in [0.1, 0.15) is 28.5 Å². The van der Waals surface area contributed by atoms with Gasteiger partial charge >= 0.3 is 39.4 Å². The highest BCUT2D eigenvalue weighted by atomic mass is 35.5. The number of halogens is 13. The summed E-state index contributed by atoms with van der Waals surface area (Å²) in [7, 11) is 2.52. The van der Waals surface area contributed by atoms with Gasteiger partial charge in [0.25, 0.3) is 0 Å². The Morgan fingerprint density at radius 1 is 0.628 bits per heavy atom. The van der Waals surface area contributed by atoms with Gasteiger partial charge in [-0.15, -0.1) is 47.0 Å². The van der Waals surface area contributed by atoms with E-state index in [0.29, 0.717) is 10.9 Å². The Labute approximate surface area is 567 Å². The van der Waals surface area contributed by atoms with Crippen molar-refractivity contribution in [1.29, 1.82) is 10.8 Å². The number of hydrogen-bond donors (Lipinski definition) is 4. The standard InChI is InChI=1S/C21H26BNO.C10H12F3NOS.C9H10F3NS.2C9H8F3NS.C6H4BO2.2CH4.ClH/c1-2-3-16-22-23-17-10-15-20(23)21(24-22,18-11-6-4-7-12-18)19-13-8-5-9-14-19;1-15-9(14,10(11,12)13)7-4-3-5-8(6-7)16-2;3*1-14-7-4-2-3-6(5-7)8(13)9(10,11)12;1-2-4-6-5(3-1)8-7-9-6;;;/h4-9,11-14,20H,2-3,10,15-17H2,1H3;3-6H,14H2,1-2H3;2-5,8H,13H2,1H3;2*2-5,13H,1H3;1-4H;2*1H4;1H/t20-;;8-;;;;;;/m1.1....../s1. The van der Waals surface area contributed by atoms with Crippen molar-refractivity contribution in [3.8, 4) is 11.5 Å². The number of hydrogen-bond acceptors (Lipinski definition) is 12. The second-order valence-electron chi connectivity index (χ2n) is 20.1. The number of nitrogens with one attached hydrogen (secondary N) is 2. The molecule has 10 rings (SSSR count). The van der Waals surface area contributed by atoms with Crippen LogP contribution in [-0.2, 0) is 20.7 Å². The second-order valence-corrected chi connectivity index (χ2v) is 23.6. The van der Waals surface area contributed by atoms with Gasteiger partial charge in [-0.25, -0.2) is 0 Å². The first-order valence-corrected chi connectivity index (χ1v) is 32.9. The van der Waals surface area contributed by atoms with Gasteiger partial charge in [-0.05, 0) is 123 Å². The minimum atomic E-state index is -4.65. The lowest BCUT2D eigenvalue weighted by Crippen LogP contribution is -3.00. The molecule has 0 aliphatic carbocycles. The smallest absolute Gasteiger partial charge is 0.658 e. The fraction of sp³-hybridized carbons (Fsp3) is 0.333. The minimum Gasteiger partial charge on any atom is -1.00 e. The van der Waals surface area contributed by atoms with E-state index >= 15 is 0 Å². The molecule has 3 atom stereocenters. The number of quaternary nitrogens is 1. The molecule has 1 radical (unpaired) electrons. The Hall–Kier alpha value is -5.74. The van der Waals surface area contributed by atoms with Gasteiger partial charge in [0.2, 0.25) is 11.8 Å². The normalized spacial score (nSPS) is 15.2. The molecule has 1 unspecified atom stereocenters. The maximum absolute atomic E-state index is 12.8. The maximum atomic E-state index is 12.8.